The minimum Gasteiger partial charge on any atom is -0.340 e. The highest BCUT2D eigenvalue weighted by atomic mass is 19.1. The Hall–Kier alpha value is -2.73. The van der Waals surface area contributed by atoms with E-state index in [2.05, 4.69) is 10.2 Å². The van der Waals surface area contributed by atoms with E-state index >= 15 is 0 Å². The number of piperazine rings is 1. The fraction of sp³-hybridized carbons (Fsp3) is 0.391. The van der Waals surface area contributed by atoms with Crippen LogP contribution in [0.2, 0.25) is 0 Å². The van der Waals surface area contributed by atoms with Gasteiger partial charge in [0.1, 0.15) is 5.82 Å². The van der Waals surface area contributed by atoms with Crippen LogP contribution in [0.5, 0.6) is 0 Å². The van der Waals surface area contributed by atoms with Crippen LogP contribution in [-0.4, -0.2) is 47.8 Å². The van der Waals surface area contributed by atoms with Crippen molar-refractivity contribution < 1.29 is 14.0 Å². The van der Waals surface area contributed by atoms with Gasteiger partial charge in [-0.05, 0) is 35.6 Å². The van der Waals surface area contributed by atoms with Crippen LogP contribution < -0.4 is 5.32 Å². The van der Waals surface area contributed by atoms with Crippen molar-refractivity contribution >= 4 is 17.5 Å². The van der Waals surface area contributed by atoms with Gasteiger partial charge in [-0.1, -0.05) is 36.4 Å². The van der Waals surface area contributed by atoms with Crippen molar-refractivity contribution in [1.82, 2.24) is 9.80 Å². The Morgan fingerprint density at radius 3 is 2.45 bits per heavy atom. The van der Waals surface area contributed by atoms with Gasteiger partial charge >= 0.3 is 0 Å². The van der Waals surface area contributed by atoms with Crippen molar-refractivity contribution in [1.29, 1.82) is 0 Å². The maximum Gasteiger partial charge on any atom is 0.228 e. The topological polar surface area (TPSA) is 52.7 Å². The number of carbonyl (C=O) groups excluding carboxylic acids is 2. The molecule has 1 saturated heterocycles. The molecule has 0 bridgehead atoms. The van der Waals surface area contributed by atoms with Crippen molar-refractivity contribution in [2.24, 2.45) is 5.92 Å². The molecule has 6 heteroatoms. The van der Waals surface area contributed by atoms with Crippen LogP contribution in [0.4, 0.5) is 10.1 Å². The highest BCUT2D eigenvalue weighted by molar-refractivity contribution is 5.95. The van der Waals surface area contributed by atoms with Crippen LogP contribution in [0.1, 0.15) is 30.4 Å². The van der Waals surface area contributed by atoms with E-state index in [1.165, 1.54) is 6.07 Å². The number of nitrogens with one attached hydrogen (secondary N) is 1. The number of nitrogens with zero attached hydrogens (tertiary/aromatic N) is 2. The Balaban J connectivity index is 1.37. The summed E-state index contributed by atoms with van der Waals surface area (Å²) in [5.74, 6) is -0.391. The van der Waals surface area contributed by atoms with Crippen molar-refractivity contribution in [3.05, 3.63) is 65.5 Å². The fourth-order valence-corrected chi connectivity index (χ4v) is 4.07. The number of halogens is 1. The predicted molar refractivity (Wildman–Crippen MR) is 110 cm³/mol. The molecule has 1 aliphatic heterocycles. The summed E-state index contributed by atoms with van der Waals surface area (Å²) in [5.41, 5.74) is 2.50. The van der Waals surface area contributed by atoms with Crippen molar-refractivity contribution in [2.45, 2.75) is 25.8 Å². The third kappa shape index (κ3) is 4.48. The molecule has 29 heavy (non-hydrogen) atoms. The maximum absolute atomic E-state index is 14.0. The molecule has 0 spiro atoms. The van der Waals surface area contributed by atoms with E-state index in [4.69, 9.17) is 0 Å². The lowest BCUT2D eigenvalue weighted by Gasteiger charge is -2.34. The summed E-state index contributed by atoms with van der Waals surface area (Å²) in [6.07, 6.45) is 0.682. The lowest BCUT2D eigenvalue weighted by molar-refractivity contribution is -0.130. The van der Waals surface area contributed by atoms with Gasteiger partial charge in [0, 0.05) is 51.3 Å². The first kappa shape index (κ1) is 19.6. The Morgan fingerprint density at radius 1 is 1.03 bits per heavy atom. The van der Waals surface area contributed by atoms with E-state index in [1.807, 2.05) is 35.2 Å². The van der Waals surface area contributed by atoms with Crippen LogP contribution in [0, 0.1) is 11.7 Å². The molecule has 1 saturated carbocycles. The van der Waals surface area contributed by atoms with Gasteiger partial charge in [0.05, 0.1) is 0 Å². The quantitative estimate of drug-likeness (QED) is 0.846. The van der Waals surface area contributed by atoms with Crippen LogP contribution in [-0.2, 0) is 16.1 Å². The number of carbonyl (C=O) groups is 2. The zero-order valence-electron chi connectivity index (χ0n) is 16.6. The highest BCUT2D eigenvalue weighted by Crippen LogP contribution is 2.48. The van der Waals surface area contributed by atoms with E-state index < -0.39 is 0 Å². The first-order valence-corrected chi connectivity index (χ1v) is 10.1. The lowest BCUT2D eigenvalue weighted by atomic mass is 10.1. The molecule has 2 amide bonds. The van der Waals surface area contributed by atoms with Gasteiger partial charge < -0.3 is 10.2 Å². The van der Waals surface area contributed by atoms with E-state index in [0.29, 0.717) is 12.0 Å². The normalized spacial score (nSPS) is 21.7. The first-order valence-electron chi connectivity index (χ1n) is 10.1. The molecule has 4 rings (SSSR count). The smallest absolute Gasteiger partial charge is 0.228 e. The number of anilines is 1. The monoisotopic (exact) mass is 395 g/mol. The third-order valence-electron chi connectivity index (χ3n) is 5.92. The van der Waals surface area contributed by atoms with Crippen molar-refractivity contribution in [3.63, 3.8) is 0 Å². The summed E-state index contributed by atoms with van der Waals surface area (Å²) >= 11 is 0. The first-order chi connectivity index (χ1) is 14.0. The predicted octanol–water partition coefficient (Wildman–Crippen LogP) is 3.23. The van der Waals surface area contributed by atoms with Crippen molar-refractivity contribution in [2.75, 3.05) is 31.5 Å². The summed E-state index contributed by atoms with van der Waals surface area (Å²) in [4.78, 5) is 28.4. The molecule has 0 unspecified atom stereocenters. The molecule has 152 valence electrons. The number of hydrogen-bond donors (Lipinski definition) is 1. The van der Waals surface area contributed by atoms with Gasteiger partial charge in [0.2, 0.25) is 11.8 Å². The number of hydrogen-bond acceptors (Lipinski definition) is 3. The van der Waals surface area contributed by atoms with Gasteiger partial charge in [-0.3, -0.25) is 14.5 Å². The van der Waals surface area contributed by atoms with Crippen LogP contribution >= 0.6 is 0 Å². The molecular formula is C23H26FN3O2. The van der Waals surface area contributed by atoms with E-state index in [9.17, 15) is 14.0 Å². The van der Waals surface area contributed by atoms with Crippen molar-refractivity contribution in [3.8, 4) is 0 Å². The number of rotatable bonds is 5. The second kappa shape index (κ2) is 8.33. The SMILES string of the molecule is CC(=O)N1CCN(Cc2ccccc2NC(=O)[C@H]2C[C@H]2c2ccccc2F)CC1. The molecule has 2 aromatic rings. The number of para-hydroxylation sites is 1. The summed E-state index contributed by atoms with van der Waals surface area (Å²) < 4.78 is 14.0. The molecule has 2 atom stereocenters. The van der Waals surface area contributed by atoms with Gasteiger partial charge in [0.15, 0.2) is 0 Å². The standard InChI is InChI=1S/C23H26FN3O2/c1-16(28)27-12-10-26(11-13-27)15-17-6-2-5-9-22(17)25-23(29)20-14-19(20)18-7-3-4-8-21(18)24/h2-9,19-20H,10-15H2,1H3,(H,25,29)/t19-,20-/m0/s1. The molecule has 2 aromatic carbocycles. The molecule has 1 N–H and O–H groups in total. The van der Waals surface area contributed by atoms with E-state index in [-0.39, 0.29) is 29.5 Å². The Labute approximate surface area is 170 Å². The summed E-state index contributed by atoms with van der Waals surface area (Å²) in [5, 5.41) is 3.06. The maximum atomic E-state index is 14.0. The largest absolute Gasteiger partial charge is 0.340 e. The fourth-order valence-electron chi connectivity index (χ4n) is 4.07. The Bertz CT molecular complexity index is 909. The molecule has 0 radical (unpaired) electrons. The molecule has 1 heterocycles. The minimum absolute atomic E-state index is 0.0389. The van der Waals surface area contributed by atoms with E-state index in [0.717, 1.165) is 44.0 Å². The van der Waals surface area contributed by atoms with E-state index in [1.54, 1.807) is 19.1 Å². The summed E-state index contributed by atoms with van der Waals surface area (Å²) in [6.45, 7) is 5.43. The molecule has 2 fully saturated rings. The highest BCUT2D eigenvalue weighted by Gasteiger charge is 2.45. The zero-order valence-corrected chi connectivity index (χ0v) is 16.6. The van der Waals surface area contributed by atoms with Gasteiger partial charge in [-0.25, -0.2) is 4.39 Å². The van der Waals surface area contributed by atoms with Gasteiger partial charge in [-0.2, -0.15) is 0 Å². The zero-order chi connectivity index (χ0) is 20.4. The van der Waals surface area contributed by atoms with Crippen LogP contribution in [0.3, 0.4) is 0 Å². The molecule has 2 aliphatic rings. The molecule has 5 nitrogen and oxygen atoms in total. The third-order valence-corrected chi connectivity index (χ3v) is 5.92. The Morgan fingerprint density at radius 2 is 1.72 bits per heavy atom. The summed E-state index contributed by atoms with van der Waals surface area (Å²) in [7, 11) is 0. The number of benzene rings is 2. The molecular weight excluding hydrogens is 369 g/mol. The Kier molecular flexibility index (Phi) is 5.62. The van der Waals surface area contributed by atoms with Crippen LogP contribution in [0.15, 0.2) is 48.5 Å². The van der Waals surface area contributed by atoms with Gasteiger partial charge in [0.25, 0.3) is 0 Å². The molecule has 1 aliphatic carbocycles. The number of amides is 2. The second-order valence-electron chi connectivity index (χ2n) is 7.90. The summed E-state index contributed by atoms with van der Waals surface area (Å²) in [6, 6.07) is 14.5. The molecule has 0 aromatic heterocycles. The van der Waals surface area contributed by atoms with Gasteiger partial charge in [-0.15, -0.1) is 0 Å². The average molecular weight is 395 g/mol. The minimum atomic E-state index is -0.238. The van der Waals surface area contributed by atoms with Crippen LogP contribution in [0.25, 0.3) is 0 Å². The average Bonchev–Trinajstić information content (AvgIpc) is 3.51. The lowest BCUT2D eigenvalue weighted by Crippen LogP contribution is -2.47. The second-order valence-corrected chi connectivity index (χ2v) is 7.90.